The summed E-state index contributed by atoms with van der Waals surface area (Å²) in [4.78, 5) is 13.1. The van der Waals surface area contributed by atoms with Gasteiger partial charge >= 0.3 is 0 Å². The van der Waals surface area contributed by atoms with Crippen molar-refractivity contribution in [2.75, 3.05) is 18.8 Å². The maximum Gasteiger partial charge on any atom is 0.230 e. The van der Waals surface area contributed by atoms with Crippen LogP contribution in [0.3, 0.4) is 0 Å². The molecule has 0 aliphatic carbocycles. The molecule has 3 nitrogen and oxygen atoms in total. The molecule has 1 saturated heterocycles. The van der Waals surface area contributed by atoms with E-state index in [0.29, 0.717) is 11.8 Å². The zero-order valence-electron chi connectivity index (χ0n) is 11.4. The van der Waals surface area contributed by atoms with Gasteiger partial charge in [-0.05, 0) is 50.1 Å². The highest BCUT2D eigenvalue weighted by Gasteiger charge is 2.15. The third-order valence-corrected chi connectivity index (χ3v) is 4.83. The Bertz CT molecular complexity index is 453. The lowest BCUT2D eigenvalue weighted by atomic mass is 10.1. The second-order valence-electron chi connectivity index (χ2n) is 4.81. The van der Waals surface area contributed by atoms with Gasteiger partial charge < -0.3 is 10.6 Å². The van der Waals surface area contributed by atoms with Gasteiger partial charge in [0.1, 0.15) is 0 Å². The molecule has 0 saturated carbocycles. The first-order chi connectivity index (χ1) is 9.15. The molecule has 2 N–H and O–H groups in total. The maximum absolute atomic E-state index is 11.9. The lowest BCUT2D eigenvalue weighted by Crippen LogP contribution is -2.46. The quantitative estimate of drug-likeness (QED) is 0.790. The molecule has 1 aliphatic rings. The number of benzene rings is 1. The molecule has 0 radical (unpaired) electrons. The van der Waals surface area contributed by atoms with Gasteiger partial charge in [-0.15, -0.1) is 24.2 Å². The fourth-order valence-electron chi connectivity index (χ4n) is 2.16. The van der Waals surface area contributed by atoms with Crippen molar-refractivity contribution < 1.29 is 4.79 Å². The zero-order valence-corrected chi connectivity index (χ0v) is 14.7. The Morgan fingerprint density at radius 3 is 3.00 bits per heavy atom. The van der Waals surface area contributed by atoms with Gasteiger partial charge in [0.2, 0.25) is 5.91 Å². The van der Waals surface area contributed by atoms with E-state index in [0.717, 1.165) is 30.4 Å². The maximum atomic E-state index is 11.9. The molecule has 1 heterocycles. The summed E-state index contributed by atoms with van der Waals surface area (Å²) in [5.41, 5.74) is 1.20. The van der Waals surface area contributed by atoms with Crippen LogP contribution in [-0.2, 0) is 4.79 Å². The van der Waals surface area contributed by atoms with Crippen LogP contribution in [0.25, 0.3) is 0 Å². The molecule has 2 rings (SSSR count). The van der Waals surface area contributed by atoms with E-state index in [2.05, 4.69) is 45.6 Å². The Kier molecular flexibility index (Phi) is 7.95. The molecule has 20 heavy (non-hydrogen) atoms. The van der Waals surface area contributed by atoms with Crippen molar-refractivity contribution in [2.45, 2.75) is 30.7 Å². The summed E-state index contributed by atoms with van der Waals surface area (Å²) in [6, 6.07) is 6.44. The summed E-state index contributed by atoms with van der Waals surface area (Å²) in [6.45, 7) is 4.03. The molecule has 1 aromatic carbocycles. The second-order valence-corrected chi connectivity index (χ2v) is 6.74. The monoisotopic (exact) mass is 378 g/mol. The van der Waals surface area contributed by atoms with Crippen LogP contribution >= 0.6 is 40.1 Å². The van der Waals surface area contributed by atoms with Crippen LogP contribution in [0.1, 0.15) is 18.4 Å². The number of nitrogens with one attached hydrogen (secondary N) is 2. The van der Waals surface area contributed by atoms with E-state index in [4.69, 9.17) is 0 Å². The van der Waals surface area contributed by atoms with Crippen molar-refractivity contribution in [2.24, 2.45) is 0 Å². The Morgan fingerprint density at radius 2 is 2.35 bits per heavy atom. The third-order valence-electron chi connectivity index (χ3n) is 3.16. The topological polar surface area (TPSA) is 41.1 Å². The van der Waals surface area contributed by atoms with Gasteiger partial charge in [0.15, 0.2) is 0 Å². The molecule has 6 heteroatoms. The van der Waals surface area contributed by atoms with Gasteiger partial charge in [-0.3, -0.25) is 4.79 Å². The summed E-state index contributed by atoms with van der Waals surface area (Å²) < 4.78 is 1.08. The first-order valence-electron chi connectivity index (χ1n) is 6.54. The number of carbonyl (C=O) groups excluding carboxylic acids is 1. The Balaban J connectivity index is 0.00000200. The van der Waals surface area contributed by atoms with E-state index < -0.39 is 0 Å². The van der Waals surface area contributed by atoms with E-state index in [-0.39, 0.29) is 18.3 Å². The van der Waals surface area contributed by atoms with Crippen molar-refractivity contribution in [3.63, 3.8) is 0 Å². The number of thioether (sulfide) groups is 1. The molecule has 1 aliphatic heterocycles. The first-order valence-corrected chi connectivity index (χ1v) is 8.32. The van der Waals surface area contributed by atoms with E-state index >= 15 is 0 Å². The third kappa shape index (κ3) is 5.64. The molecule has 0 aromatic heterocycles. The van der Waals surface area contributed by atoms with Crippen molar-refractivity contribution >= 4 is 46.0 Å². The average molecular weight is 380 g/mol. The van der Waals surface area contributed by atoms with Gasteiger partial charge in [0.25, 0.3) is 0 Å². The molecular weight excluding hydrogens is 360 g/mol. The lowest BCUT2D eigenvalue weighted by Gasteiger charge is -2.23. The van der Waals surface area contributed by atoms with Crippen LogP contribution in [0.2, 0.25) is 0 Å². The highest BCUT2D eigenvalue weighted by molar-refractivity contribution is 9.10. The van der Waals surface area contributed by atoms with Gasteiger partial charge in [0, 0.05) is 22.0 Å². The number of aryl methyl sites for hydroxylation is 1. The standard InChI is InChI=1S/C14H19BrN2OS.ClH/c1-10-7-11(15)4-5-13(10)19-9-14(18)17-12-3-2-6-16-8-12;/h4-5,7,12,16H,2-3,6,8-9H2,1H3,(H,17,18);1H/t12-;/m0./s1. The van der Waals surface area contributed by atoms with E-state index in [1.165, 1.54) is 10.5 Å². The average Bonchev–Trinajstić information content (AvgIpc) is 2.39. The number of halogens is 2. The molecule has 0 bridgehead atoms. The molecular formula is C14H20BrClN2OS. The number of hydrogen-bond donors (Lipinski definition) is 2. The molecule has 0 unspecified atom stereocenters. The van der Waals surface area contributed by atoms with Crippen molar-refractivity contribution in [3.05, 3.63) is 28.2 Å². The highest BCUT2D eigenvalue weighted by atomic mass is 79.9. The summed E-state index contributed by atoms with van der Waals surface area (Å²) in [5, 5.41) is 6.39. The normalized spacial score (nSPS) is 18.2. The van der Waals surface area contributed by atoms with Gasteiger partial charge in [0.05, 0.1) is 5.75 Å². The fraction of sp³-hybridized carbons (Fsp3) is 0.500. The fourth-order valence-corrected chi connectivity index (χ4v) is 3.46. The SMILES string of the molecule is Cc1cc(Br)ccc1SCC(=O)N[C@H]1CCCNC1.Cl. The molecule has 112 valence electrons. The highest BCUT2D eigenvalue weighted by Crippen LogP contribution is 2.25. The summed E-state index contributed by atoms with van der Waals surface area (Å²) in [5.74, 6) is 0.611. The lowest BCUT2D eigenvalue weighted by molar-refractivity contribution is -0.119. The second kappa shape index (κ2) is 8.93. The largest absolute Gasteiger partial charge is 0.351 e. The van der Waals surface area contributed by atoms with Crippen molar-refractivity contribution in [3.8, 4) is 0 Å². The number of piperidine rings is 1. The van der Waals surface area contributed by atoms with Crippen LogP contribution in [0.4, 0.5) is 0 Å². The summed E-state index contributed by atoms with van der Waals surface area (Å²) >= 11 is 5.05. The Labute approximate surface area is 139 Å². The van der Waals surface area contributed by atoms with Gasteiger partial charge in [-0.25, -0.2) is 0 Å². The van der Waals surface area contributed by atoms with Crippen LogP contribution in [-0.4, -0.2) is 30.8 Å². The van der Waals surface area contributed by atoms with Gasteiger partial charge in [-0.1, -0.05) is 15.9 Å². The first kappa shape index (κ1) is 17.8. The van der Waals surface area contributed by atoms with E-state index in [1.54, 1.807) is 11.8 Å². The van der Waals surface area contributed by atoms with Crippen LogP contribution in [0.5, 0.6) is 0 Å². The van der Waals surface area contributed by atoms with Crippen LogP contribution in [0, 0.1) is 6.92 Å². The van der Waals surface area contributed by atoms with Crippen molar-refractivity contribution in [1.82, 2.24) is 10.6 Å². The number of carbonyl (C=O) groups is 1. The zero-order chi connectivity index (χ0) is 13.7. The van der Waals surface area contributed by atoms with E-state index in [1.807, 2.05) is 6.07 Å². The minimum Gasteiger partial charge on any atom is -0.351 e. The predicted molar refractivity (Wildman–Crippen MR) is 90.9 cm³/mol. The molecule has 1 atom stereocenters. The number of rotatable bonds is 4. The summed E-state index contributed by atoms with van der Waals surface area (Å²) in [6.07, 6.45) is 2.23. The molecule has 1 aromatic rings. The van der Waals surface area contributed by atoms with Gasteiger partial charge in [-0.2, -0.15) is 0 Å². The molecule has 1 fully saturated rings. The summed E-state index contributed by atoms with van der Waals surface area (Å²) in [7, 11) is 0. The predicted octanol–water partition coefficient (Wildman–Crippen LogP) is 3.14. The van der Waals surface area contributed by atoms with E-state index in [9.17, 15) is 4.79 Å². The minimum atomic E-state index is 0. The number of hydrogen-bond acceptors (Lipinski definition) is 3. The van der Waals surface area contributed by atoms with Crippen LogP contribution < -0.4 is 10.6 Å². The number of amides is 1. The van der Waals surface area contributed by atoms with Crippen molar-refractivity contribution in [1.29, 1.82) is 0 Å². The Hall–Kier alpha value is -0.230. The minimum absolute atomic E-state index is 0. The smallest absolute Gasteiger partial charge is 0.230 e. The molecule has 1 amide bonds. The van der Waals surface area contributed by atoms with Crippen LogP contribution in [0.15, 0.2) is 27.6 Å². The molecule has 0 spiro atoms. The Morgan fingerprint density at radius 1 is 1.55 bits per heavy atom.